The monoisotopic (exact) mass is 284 g/mol. The summed E-state index contributed by atoms with van der Waals surface area (Å²) in [5.41, 5.74) is 8.60. The Bertz CT molecular complexity index is 574. The van der Waals surface area contributed by atoms with Crippen LogP contribution in [0.2, 0.25) is 0 Å². The fraction of sp³-hybridized carbons (Fsp3) is 0.294. The molecule has 2 atom stereocenters. The van der Waals surface area contributed by atoms with Crippen LogP contribution < -0.4 is 15.6 Å². The lowest BCUT2D eigenvalue weighted by molar-refractivity contribution is 0.251. The Balaban J connectivity index is 1.71. The van der Waals surface area contributed by atoms with E-state index < -0.39 is 0 Å². The van der Waals surface area contributed by atoms with Crippen LogP contribution in [0.15, 0.2) is 54.6 Å². The fourth-order valence-corrected chi connectivity index (χ4v) is 2.58. The molecule has 1 aliphatic rings. The minimum Gasteiger partial charge on any atom is -0.489 e. The summed E-state index contributed by atoms with van der Waals surface area (Å²) >= 11 is 0. The maximum absolute atomic E-state index is 9.22. The second-order valence-electron chi connectivity index (χ2n) is 5.27. The van der Waals surface area contributed by atoms with E-state index in [-0.39, 0.29) is 18.7 Å². The minimum absolute atomic E-state index is 0.0946. The van der Waals surface area contributed by atoms with Crippen LogP contribution in [0.4, 0.5) is 0 Å². The zero-order valence-electron chi connectivity index (χ0n) is 11.8. The first-order valence-electron chi connectivity index (χ1n) is 7.24. The van der Waals surface area contributed by atoms with E-state index in [1.807, 2.05) is 36.4 Å². The summed E-state index contributed by atoms with van der Waals surface area (Å²) in [5.74, 6) is 0.888. The third kappa shape index (κ3) is 3.42. The molecule has 0 saturated carbocycles. The number of aliphatic hydroxyl groups excluding tert-OH is 1. The SMILES string of the molecule is OCC1CC(c2ccccc2OCc2ccccc2)NN1. The molecule has 4 heteroatoms. The highest BCUT2D eigenvalue weighted by atomic mass is 16.5. The zero-order valence-corrected chi connectivity index (χ0v) is 11.8. The molecule has 0 amide bonds. The van der Waals surface area contributed by atoms with Crippen molar-refractivity contribution in [2.24, 2.45) is 0 Å². The van der Waals surface area contributed by atoms with Crippen molar-refractivity contribution >= 4 is 0 Å². The highest BCUT2D eigenvalue weighted by Gasteiger charge is 2.26. The molecule has 2 aromatic carbocycles. The molecule has 0 aliphatic carbocycles. The third-order valence-electron chi connectivity index (χ3n) is 3.73. The molecule has 1 aliphatic heterocycles. The number of benzene rings is 2. The molecule has 4 nitrogen and oxygen atoms in total. The fourth-order valence-electron chi connectivity index (χ4n) is 2.58. The molecule has 2 aromatic rings. The average molecular weight is 284 g/mol. The van der Waals surface area contributed by atoms with E-state index in [0.29, 0.717) is 6.61 Å². The maximum Gasteiger partial charge on any atom is 0.124 e. The predicted octanol–water partition coefficient (Wildman–Crippen LogP) is 2.17. The molecule has 3 rings (SSSR count). The summed E-state index contributed by atoms with van der Waals surface area (Å²) in [6.07, 6.45) is 0.849. The van der Waals surface area contributed by atoms with Crippen molar-refractivity contribution in [3.05, 3.63) is 65.7 Å². The highest BCUT2D eigenvalue weighted by Crippen LogP contribution is 2.30. The van der Waals surface area contributed by atoms with Crippen LogP contribution in [-0.2, 0) is 6.61 Å². The van der Waals surface area contributed by atoms with Crippen molar-refractivity contribution in [3.8, 4) is 5.75 Å². The van der Waals surface area contributed by atoms with Gasteiger partial charge in [0.25, 0.3) is 0 Å². The predicted molar refractivity (Wildman–Crippen MR) is 81.7 cm³/mol. The summed E-state index contributed by atoms with van der Waals surface area (Å²) in [7, 11) is 0. The lowest BCUT2D eigenvalue weighted by atomic mass is 10.0. The standard InChI is InChI=1S/C17H20N2O2/c20-11-14-10-16(19-18-14)15-8-4-5-9-17(15)21-12-13-6-2-1-3-7-13/h1-9,14,16,18-20H,10-12H2. The molecule has 0 bridgehead atoms. The van der Waals surface area contributed by atoms with Gasteiger partial charge in [-0.2, -0.15) is 0 Å². The second kappa shape index (κ2) is 6.72. The van der Waals surface area contributed by atoms with Gasteiger partial charge in [-0.25, -0.2) is 5.43 Å². The molecule has 1 fully saturated rings. The van der Waals surface area contributed by atoms with Crippen LogP contribution >= 0.6 is 0 Å². The van der Waals surface area contributed by atoms with Crippen molar-refractivity contribution in [2.75, 3.05) is 6.61 Å². The maximum atomic E-state index is 9.22. The van der Waals surface area contributed by atoms with Gasteiger partial charge in [0.15, 0.2) is 0 Å². The molecule has 21 heavy (non-hydrogen) atoms. The zero-order chi connectivity index (χ0) is 14.5. The van der Waals surface area contributed by atoms with Crippen LogP contribution in [0.25, 0.3) is 0 Å². The normalized spacial score (nSPS) is 21.4. The molecule has 0 radical (unpaired) electrons. The van der Waals surface area contributed by atoms with Crippen LogP contribution in [0.5, 0.6) is 5.75 Å². The lowest BCUT2D eigenvalue weighted by Gasteiger charge is -2.16. The largest absolute Gasteiger partial charge is 0.489 e. The number of rotatable bonds is 5. The topological polar surface area (TPSA) is 53.5 Å². The number of nitrogens with one attached hydrogen (secondary N) is 2. The van der Waals surface area contributed by atoms with Gasteiger partial charge in [0, 0.05) is 11.6 Å². The first-order valence-corrected chi connectivity index (χ1v) is 7.24. The average Bonchev–Trinajstić information content (AvgIpc) is 3.03. The first kappa shape index (κ1) is 14.1. The van der Waals surface area contributed by atoms with E-state index in [2.05, 4.69) is 29.1 Å². The Hall–Kier alpha value is -1.88. The Morgan fingerprint density at radius 3 is 2.52 bits per heavy atom. The van der Waals surface area contributed by atoms with Crippen molar-refractivity contribution in [3.63, 3.8) is 0 Å². The Labute approximate surface area is 124 Å². The van der Waals surface area contributed by atoms with Gasteiger partial charge in [0.1, 0.15) is 12.4 Å². The summed E-state index contributed by atoms with van der Waals surface area (Å²) in [5, 5.41) is 9.22. The Kier molecular flexibility index (Phi) is 4.50. The molecule has 1 saturated heterocycles. The van der Waals surface area contributed by atoms with Crippen molar-refractivity contribution in [1.82, 2.24) is 10.9 Å². The van der Waals surface area contributed by atoms with Gasteiger partial charge in [-0.1, -0.05) is 48.5 Å². The van der Waals surface area contributed by atoms with Crippen molar-refractivity contribution in [2.45, 2.75) is 25.1 Å². The van der Waals surface area contributed by atoms with Gasteiger partial charge >= 0.3 is 0 Å². The summed E-state index contributed by atoms with van der Waals surface area (Å²) in [6, 6.07) is 18.4. The van der Waals surface area contributed by atoms with Crippen LogP contribution in [0.1, 0.15) is 23.6 Å². The van der Waals surface area contributed by atoms with E-state index in [1.165, 1.54) is 0 Å². The van der Waals surface area contributed by atoms with Crippen molar-refractivity contribution in [1.29, 1.82) is 0 Å². The van der Waals surface area contributed by atoms with Gasteiger partial charge in [-0.05, 0) is 18.1 Å². The highest BCUT2D eigenvalue weighted by molar-refractivity contribution is 5.36. The smallest absolute Gasteiger partial charge is 0.124 e. The van der Waals surface area contributed by atoms with Crippen LogP contribution in [-0.4, -0.2) is 17.8 Å². The number of ether oxygens (including phenoxy) is 1. The van der Waals surface area contributed by atoms with Gasteiger partial charge < -0.3 is 9.84 Å². The molecular weight excluding hydrogens is 264 g/mol. The Morgan fingerprint density at radius 2 is 1.76 bits per heavy atom. The molecule has 2 unspecified atom stereocenters. The Morgan fingerprint density at radius 1 is 1.00 bits per heavy atom. The van der Waals surface area contributed by atoms with Gasteiger partial charge in [0.05, 0.1) is 12.6 Å². The third-order valence-corrected chi connectivity index (χ3v) is 3.73. The van der Waals surface area contributed by atoms with Crippen LogP contribution in [0, 0.1) is 0 Å². The van der Waals surface area contributed by atoms with E-state index >= 15 is 0 Å². The number of hydrogen-bond donors (Lipinski definition) is 3. The number of aliphatic hydroxyl groups is 1. The van der Waals surface area contributed by atoms with E-state index in [1.54, 1.807) is 0 Å². The molecular formula is C17H20N2O2. The van der Waals surface area contributed by atoms with E-state index in [9.17, 15) is 5.11 Å². The second-order valence-corrected chi connectivity index (χ2v) is 5.27. The molecule has 0 spiro atoms. The molecule has 3 N–H and O–H groups in total. The number of para-hydroxylation sites is 1. The van der Waals surface area contributed by atoms with Gasteiger partial charge in [0.2, 0.25) is 0 Å². The summed E-state index contributed by atoms with van der Waals surface area (Å²) in [4.78, 5) is 0. The van der Waals surface area contributed by atoms with Gasteiger partial charge in [-0.15, -0.1) is 0 Å². The lowest BCUT2D eigenvalue weighted by Crippen LogP contribution is -2.32. The van der Waals surface area contributed by atoms with E-state index in [4.69, 9.17) is 4.74 Å². The van der Waals surface area contributed by atoms with Crippen molar-refractivity contribution < 1.29 is 9.84 Å². The molecule has 110 valence electrons. The molecule has 0 aromatic heterocycles. The minimum atomic E-state index is 0.0946. The van der Waals surface area contributed by atoms with Crippen LogP contribution in [0.3, 0.4) is 0 Å². The molecule has 1 heterocycles. The number of hydrogen-bond acceptors (Lipinski definition) is 4. The first-order chi connectivity index (χ1) is 10.4. The quantitative estimate of drug-likeness (QED) is 0.787. The summed E-state index contributed by atoms with van der Waals surface area (Å²) in [6.45, 7) is 0.692. The van der Waals surface area contributed by atoms with E-state index in [0.717, 1.165) is 23.3 Å². The number of hydrazine groups is 1. The van der Waals surface area contributed by atoms with Gasteiger partial charge in [-0.3, -0.25) is 5.43 Å². The summed E-state index contributed by atoms with van der Waals surface area (Å²) < 4.78 is 5.97.